The van der Waals surface area contributed by atoms with Crippen molar-refractivity contribution in [1.82, 2.24) is 15.1 Å². The van der Waals surface area contributed by atoms with Crippen molar-refractivity contribution >= 4 is 0 Å². The summed E-state index contributed by atoms with van der Waals surface area (Å²) in [6, 6.07) is 11.5. The molecule has 0 aliphatic carbocycles. The minimum atomic E-state index is 0.325. The Bertz CT molecular complexity index is 567. The van der Waals surface area contributed by atoms with E-state index in [1.807, 2.05) is 18.8 Å². The van der Waals surface area contributed by atoms with E-state index in [9.17, 15) is 0 Å². The molecule has 0 aliphatic rings. The first-order valence-electron chi connectivity index (χ1n) is 7.84. The monoisotopic (exact) mass is 285 g/mol. The molecule has 1 aromatic heterocycles. The molecule has 3 heteroatoms. The molecule has 0 aliphatic heterocycles. The first kappa shape index (κ1) is 15.8. The van der Waals surface area contributed by atoms with Crippen LogP contribution < -0.4 is 5.32 Å². The number of likely N-dealkylation sites (N-methyl/N-ethyl adjacent to an activating group) is 1. The number of aromatic nitrogens is 2. The Hall–Kier alpha value is -1.61. The van der Waals surface area contributed by atoms with Crippen LogP contribution in [0.5, 0.6) is 0 Å². The summed E-state index contributed by atoms with van der Waals surface area (Å²) < 4.78 is 2.01. The molecule has 3 nitrogen and oxygen atoms in total. The molecule has 0 spiro atoms. The van der Waals surface area contributed by atoms with Gasteiger partial charge >= 0.3 is 0 Å². The quantitative estimate of drug-likeness (QED) is 0.878. The highest BCUT2D eigenvalue weighted by Gasteiger charge is 2.14. The van der Waals surface area contributed by atoms with E-state index in [4.69, 9.17) is 0 Å². The standard InChI is InChI=1S/C18H27N3/c1-6-16-11-17(21(5)20-16)12-18(19-4)15-9-7-14(8-10-15)13(2)3/h7-11,13,18-19H,6,12H2,1-5H3. The van der Waals surface area contributed by atoms with Crippen LogP contribution in [0.2, 0.25) is 0 Å². The fraction of sp³-hybridized carbons (Fsp3) is 0.500. The first-order chi connectivity index (χ1) is 10.0. The van der Waals surface area contributed by atoms with Crippen LogP contribution in [0.1, 0.15) is 55.2 Å². The van der Waals surface area contributed by atoms with Gasteiger partial charge in [-0.1, -0.05) is 45.0 Å². The lowest BCUT2D eigenvalue weighted by atomic mass is 9.97. The Morgan fingerprint density at radius 3 is 2.24 bits per heavy atom. The van der Waals surface area contributed by atoms with Gasteiger partial charge in [0.1, 0.15) is 0 Å². The van der Waals surface area contributed by atoms with Gasteiger partial charge in [-0.15, -0.1) is 0 Å². The van der Waals surface area contributed by atoms with Gasteiger partial charge in [0.25, 0.3) is 0 Å². The number of hydrogen-bond acceptors (Lipinski definition) is 2. The molecule has 1 aromatic carbocycles. The molecule has 114 valence electrons. The van der Waals surface area contributed by atoms with Gasteiger partial charge in [0.15, 0.2) is 0 Å². The topological polar surface area (TPSA) is 29.9 Å². The summed E-state index contributed by atoms with van der Waals surface area (Å²) in [6.07, 6.45) is 1.95. The second-order valence-electron chi connectivity index (χ2n) is 5.97. The number of hydrogen-bond donors (Lipinski definition) is 1. The SMILES string of the molecule is CCc1cc(CC(NC)c2ccc(C(C)C)cc2)n(C)n1. The van der Waals surface area contributed by atoms with Crippen LogP contribution in [0.3, 0.4) is 0 Å². The van der Waals surface area contributed by atoms with Crippen molar-refractivity contribution in [1.29, 1.82) is 0 Å². The van der Waals surface area contributed by atoms with Crippen molar-refractivity contribution in [2.75, 3.05) is 7.05 Å². The van der Waals surface area contributed by atoms with Crippen LogP contribution in [0, 0.1) is 0 Å². The van der Waals surface area contributed by atoms with Gasteiger partial charge in [0, 0.05) is 25.2 Å². The van der Waals surface area contributed by atoms with Crippen LogP contribution in [-0.2, 0) is 19.9 Å². The van der Waals surface area contributed by atoms with E-state index in [1.165, 1.54) is 16.8 Å². The van der Waals surface area contributed by atoms with Gasteiger partial charge in [0.2, 0.25) is 0 Å². The first-order valence-corrected chi connectivity index (χ1v) is 7.84. The molecule has 1 heterocycles. The minimum absolute atomic E-state index is 0.325. The maximum Gasteiger partial charge on any atom is 0.0624 e. The van der Waals surface area contributed by atoms with Gasteiger partial charge < -0.3 is 5.32 Å². The van der Waals surface area contributed by atoms with E-state index in [1.54, 1.807) is 0 Å². The summed E-state index contributed by atoms with van der Waals surface area (Å²) >= 11 is 0. The second kappa shape index (κ2) is 6.90. The number of benzene rings is 1. The van der Waals surface area contributed by atoms with Crippen molar-refractivity contribution < 1.29 is 0 Å². The van der Waals surface area contributed by atoms with E-state index >= 15 is 0 Å². The summed E-state index contributed by atoms with van der Waals surface area (Å²) in [7, 11) is 4.06. The molecule has 0 bridgehead atoms. The van der Waals surface area contributed by atoms with E-state index < -0.39 is 0 Å². The van der Waals surface area contributed by atoms with Gasteiger partial charge in [-0.05, 0) is 36.6 Å². The van der Waals surface area contributed by atoms with Crippen LogP contribution in [0.15, 0.2) is 30.3 Å². The van der Waals surface area contributed by atoms with Crippen molar-refractivity contribution in [3.63, 3.8) is 0 Å². The number of nitrogens with one attached hydrogen (secondary N) is 1. The highest BCUT2D eigenvalue weighted by molar-refractivity contribution is 5.28. The van der Waals surface area contributed by atoms with Gasteiger partial charge in [-0.3, -0.25) is 4.68 Å². The highest BCUT2D eigenvalue weighted by Crippen LogP contribution is 2.21. The third kappa shape index (κ3) is 3.73. The predicted molar refractivity (Wildman–Crippen MR) is 88.6 cm³/mol. The molecule has 0 amide bonds. The number of rotatable bonds is 6. The highest BCUT2D eigenvalue weighted by atomic mass is 15.3. The lowest BCUT2D eigenvalue weighted by molar-refractivity contribution is 0.561. The third-order valence-corrected chi connectivity index (χ3v) is 4.16. The molecule has 21 heavy (non-hydrogen) atoms. The molecule has 0 radical (unpaired) electrons. The summed E-state index contributed by atoms with van der Waals surface area (Å²) in [5.74, 6) is 0.580. The summed E-state index contributed by atoms with van der Waals surface area (Å²) in [6.45, 7) is 6.60. The molecule has 1 N–H and O–H groups in total. The van der Waals surface area contributed by atoms with E-state index in [0.717, 1.165) is 18.5 Å². The maximum atomic E-state index is 4.54. The number of nitrogens with zero attached hydrogens (tertiary/aromatic N) is 2. The fourth-order valence-corrected chi connectivity index (χ4v) is 2.64. The Morgan fingerprint density at radius 2 is 1.76 bits per heavy atom. The molecule has 1 unspecified atom stereocenters. The van der Waals surface area contributed by atoms with Crippen LogP contribution in [0.25, 0.3) is 0 Å². The van der Waals surface area contributed by atoms with Crippen molar-refractivity contribution in [2.45, 2.75) is 45.6 Å². The zero-order chi connectivity index (χ0) is 15.4. The smallest absolute Gasteiger partial charge is 0.0624 e. The second-order valence-corrected chi connectivity index (χ2v) is 5.97. The van der Waals surface area contributed by atoms with Gasteiger partial charge in [-0.25, -0.2) is 0 Å². The Balaban J connectivity index is 2.17. The number of aryl methyl sites for hydroxylation is 2. The van der Waals surface area contributed by atoms with E-state index in [2.05, 4.69) is 61.5 Å². The Kier molecular flexibility index (Phi) is 5.18. The zero-order valence-corrected chi connectivity index (χ0v) is 13.9. The summed E-state index contributed by atoms with van der Waals surface area (Å²) in [5, 5.41) is 7.97. The third-order valence-electron chi connectivity index (χ3n) is 4.16. The van der Waals surface area contributed by atoms with E-state index in [-0.39, 0.29) is 0 Å². The average molecular weight is 285 g/mol. The molecule has 0 fully saturated rings. The molecular formula is C18H27N3. The minimum Gasteiger partial charge on any atom is -0.313 e. The Morgan fingerprint density at radius 1 is 1.14 bits per heavy atom. The van der Waals surface area contributed by atoms with Crippen molar-refractivity contribution in [3.8, 4) is 0 Å². The predicted octanol–water partition coefficient (Wildman–Crippen LogP) is 3.61. The van der Waals surface area contributed by atoms with Gasteiger partial charge in [-0.2, -0.15) is 5.10 Å². The Labute approximate surface area is 128 Å². The summed E-state index contributed by atoms with van der Waals surface area (Å²) in [5.41, 5.74) is 5.17. The zero-order valence-electron chi connectivity index (χ0n) is 13.9. The largest absolute Gasteiger partial charge is 0.313 e. The normalized spacial score (nSPS) is 12.9. The lowest BCUT2D eigenvalue weighted by Crippen LogP contribution is -2.20. The molecule has 2 rings (SSSR count). The van der Waals surface area contributed by atoms with Crippen molar-refractivity contribution in [3.05, 3.63) is 52.8 Å². The molecule has 0 saturated carbocycles. The molecular weight excluding hydrogens is 258 g/mol. The molecule has 1 atom stereocenters. The van der Waals surface area contributed by atoms with Crippen LogP contribution in [-0.4, -0.2) is 16.8 Å². The molecule has 0 saturated heterocycles. The van der Waals surface area contributed by atoms with Gasteiger partial charge in [0.05, 0.1) is 5.69 Å². The lowest BCUT2D eigenvalue weighted by Gasteiger charge is -2.17. The summed E-state index contributed by atoms with van der Waals surface area (Å²) in [4.78, 5) is 0. The molecule has 2 aromatic rings. The van der Waals surface area contributed by atoms with Crippen molar-refractivity contribution in [2.24, 2.45) is 7.05 Å². The van der Waals surface area contributed by atoms with Crippen LogP contribution >= 0.6 is 0 Å². The fourth-order valence-electron chi connectivity index (χ4n) is 2.64. The van der Waals surface area contributed by atoms with Crippen LogP contribution in [0.4, 0.5) is 0 Å². The maximum absolute atomic E-state index is 4.54. The average Bonchev–Trinajstić information content (AvgIpc) is 2.85. The van der Waals surface area contributed by atoms with E-state index in [0.29, 0.717) is 12.0 Å².